The second kappa shape index (κ2) is 8.23. The summed E-state index contributed by atoms with van der Waals surface area (Å²) in [6.45, 7) is 7.29. The van der Waals surface area contributed by atoms with Crippen molar-refractivity contribution >= 4 is 13.7 Å². The van der Waals surface area contributed by atoms with Gasteiger partial charge in [0.2, 0.25) is 0 Å². The van der Waals surface area contributed by atoms with E-state index in [1.54, 1.807) is 0 Å². The summed E-state index contributed by atoms with van der Waals surface area (Å²) >= 11 is 0. The molecule has 162 valence electrons. The van der Waals surface area contributed by atoms with Crippen molar-refractivity contribution in [1.82, 2.24) is 19.2 Å². The highest BCUT2D eigenvalue weighted by molar-refractivity contribution is 6.76. The van der Waals surface area contributed by atoms with E-state index in [0.29, 0.717) is 12.4 Å². The normalized spacial score (nSPS) is 12.5. The lowest BCUT2D eigenvalue weighted by Gasteiger charge is -2.15. The number of rotatable bonds is 7. The zero-order valence-corrected chi connectivity index (χ0v) is 18.2. The van der Waals surface area contributed by atoms with Crippen LogP contribution in [-0.4, -0.2) is 41.0 Å². The Bertz CT molecular complexity index is 1100. The van der Waals surface area contributed by atoms with Gasteiger partial charge in [-0.15, -0.1) is 0 Å². The fourth-order valence-electron chi connectivity index (χ4n) is 2.81. The molecule has 3 aromatic rings. The summed E-state index contributed by atoms with van der Waals surface area (Å²) < 4.78 is 54.1. The zero-order valence-electron chi connectivity index (χ0n) is 17.2. The minimum Gasteiger partial charge on any atom is -0.497 e. The van der Waals surface area contributed by atoms with Crippen LogP contribution in [0.1, 0.15) is 5.69 Å². The van der Waals surface area contributed by atoms with Gasteiger partial charge in [0.1, 0.15) is 18.1 Å². The monoisotopic (exact) mass is 440 g/mol. The van der Waals surface area contributed by atoms with Gasteiger partial charge in [0.15, 0.2) is 5.69 Å². The van der Waals surface area contributed by atoms with Gasteiger partial charge in [0.25, 0.3) is 5.56 Å². The molecule has 0 aromatic carbocycles. The summed E-state index contributed by atoms with van der Waals surface area (Å²) in [6.07, 6.45) is -0.914. The number of aromatic nitrogens is 4. The van der Waals surface area contributed by atoms with E-state index in [-0.39, 0.29) is 17.9 Å². The predicted molar refractivity (Wildman–Crippen MR) is 108 cm³/mol. The standard InChI is InChI=1S/C19H23F3N4O3Si/c1-28-14-5-6-26-15(9-14)24-17(19(20,21)22)16(18(26)27)13-10-23-25(11-13)12-29-7-8-30(2,3)4/h5-6,9-11H,7-8,12H2,1-4H3. The Kier molecular flexibility index (Phi) is 6.04. The lowest BCUT2D eigenvalue weighted by atomic mass is 10.1. The van der Waals surface area contributed by atoms with Gasteiger partial charge in [-0.05, 0) is 12.1 Å². The molecule has 0 amide bonds. The summed E-state index contributed by atoms with van der Waals surface area (Å²) in [4.78, 5) is 16.6. The van der Waals surface area contributed by atoms with Crippen LogP contribution in [0.4, 0.5) is 13.2 Å². The van der Waals surface area contributed by atoms with Crippen LogP contribution >= 0.6 is 0 Å². The van der Waals surface area contributed by atoms with E-state index >= 15 is 0 Å². The largest absolute Gasteiger partial charge is 0.497 e. The number of nitrogens with zero attached hydrogens (tertiary/aromatic N) is 4. The van der Waals surface area contributed by atoms with Crippen LogP contribution in [0, 0.1) is 0 Å². The Balaban J connectivity index is 1.98. The smallest absolute Gasteiger partial charge is 0.434 e. The number of pyridine rings is 1. The Morgan fingerprint density at radius 3 is 2.60 bits per heavy atom. The molecule has 0 atom stereocenters. The quantitative estimate of drug-likeness (QED) is 0.412. The molecule has 30 heavy (non-hydrogen) atoms. The number of halogens is 3. The van der Waals surface area contributed by atoms with Crippen LogP contribution in [0.15, 0.2) is 35.5 Å². The molecule has 3 aromatic heterocycles. The lowest BCUT2D eigenvalue weighted by molar-refractivity contribution is -0.140. The van der Waals surface area contributed by atoms with Gasteiger partial charge in [-0.1, -0.05) is 19.6 Å². The first-order valence-corrected chi connectivity index (χ1v) is 13.0. The highest BCUT2D eigenvalue weighted by Gasteiger charge is 2.38. The van der Waals surface area contributed by atoms with Crippen LogP contribution in [0.2, 0.25) is 25.7 Å². The van der Waals surface area contributed by atoms with E-state index in [0.717, 1.165) is 10.4 Å². The average Bonchev–Trinajstić information content (AvgIpc) is 3.11. The summed E-state index contributed by atoms with van der Waals surface area (Å²) in [7, 11) is 0.125. The molecule has 3 rings (SSSR count). The van der Waals surface area contributed by atoms with Gasteiger partial charge in [-0.3, -0.25) is 9.20 Å². The third kappa shape index (κ3) is 4.90. The number of methoxy groups -OCH3 is 1. The molecule has 7 nitrogen and oxygen atoms in total. The molecule has 0 saturated carbocycles. The number of fused-ring (bicyclic) bond motifs is 1. The topological polar surface area (TPSA) is 70.7 Å². The van der Waals surface area contributed by atoms with Crippen molar-refractivity contribution < 1.29 is 22.6 Å². The highest BCUT2D eigenvalue weighted by Crippen LogP contribution is 2.34. The van der Waals surface area contributed by atoms with Crippen molar-refractivity contribution in [3.8, 4) is 16.9 Å². The third-order valence-electron chi connectivity index (χ3n) is 4.45. The van der Waals surface area contributed by atoms with Gasteiger partial charge in [-0.25, -0.2) is 9.67 Å². The molecule has 0 aliphatic heterocycles. The Hall–Kier alpha value is -2.66. The molecular formula is C19H23F3N4O3Si. The van der Waals surface area contributed by atoms with Gasteiger partial charge in [0.05, 0.1) is 18.9 Å². The molecule has 0 aliphatic carbocycles. The molecule has 3 heterocycles. The first-order valence-electron chi connectivity index (χ1n) is 9.28. The van der Waals surface area contributed by atoms with Crippen molar-refractivity contribution in [3.05, 3.63) is 46.8 Å². The van der Waals surface area contributed by atoms with Crippen molar-refractivity contribution in [2.75, 3.05) is 13.7 Å². The number of hydrogen-bond acceptors (Lipinski definition) is 5. The van der Waals surface area contributed by atoms with Crippen molar-refractivity contribution in [2.24, 2.45) is 0 Å². The van der Waals surface area contributed by atoms with E-state index in [1.807, 2.05) is 0 Å². The molecule has 0 radical (unpaired) electrons. The van der Waals surface area contributed by atoms with Crippen LogP contribution in [-0.2, 0) is 17.6 Å². The second-order valence-corrected chi connectivity index (χ2v) is 13.7. The number of hydrogen-bond donors (Lipinski definition) is 0. The van der Waals surface area contributed by atoms with Crippen LogP contribution < -0.4 is 10.3 Å². The summed E-state index contributed by atoms with van der Waals surface area (Å²) in [6, 6.07) is 3.71. The predicted octanol–water partition coefficient (Wildman–Crippen LogP) is 3.90. The molecule has 0 N–H and O–H groups in total. The second-order valence-electron chi connectivity index (χ2n) is 8.05. The fourth-order valence-corrected chi connectivity index (χ4v) is 3.57. The number of ether oxygens (including phenoxy) is 2. The van der Waals surface area contributed by atoms with Crippen molar-refractivity contribution in [2.45, 2.75) is 38.6 Å². The van der Waals surface area contributed by atoms with E-state index in [1.165, 1.54) is 42.5 Å². The summed E-state index contributed by atoms with van der Waals surface area (Å²) in [5.74, 6) is 0.297. The van der Waals surface area contributed by atoms with E-state index in [4.69, 9.17) is 9.47 Å². The molecule has 0 fully saturated rings. The Morgan fingerprint density at radius 1 is 1.23 bits per heavy atom. The maximum atomic E-state index is 13.7. The minimum absolute atomic E-state index is 0.0267. The highest BCUT2D eigenvalue weighted by atomic mass is 28.3. The molecular weight excluding hydrogens is 417 g/mol. The maximum absolute atomic E-state index is 13.7. The summed E-state index contributed by atoms with van der Waals surface area (Å²) in [5.41, 5.74) is -2.79. The molecule has 0 saturated heterocycles. The molecule has 0 unspecified atom stereocenters. The van der Waals surface area contributed by atoms with Crippen molar-refractivity contribution in [3.63, 3.8) is 0 Å². The first-order chi connectivity index (χ1) is 14.0. The Morgan fingerprint density at radius 2 is 1.97 bits per heavy atom. The average molecular weight is 440 g/mol. The van der Waals surface area contributed by atoms with Crippen LogP contribution in [0.3, 0.4) is 0 Å². The minimum atomic E-state index is -4.82. The lowest BCUT2D eigenvalue weighted by Crippen LogP contribution is -2.24. The van der Waals surface area contributed by atoms with Gasteiger partial charge in [0, 0.05) is 38.7 Å². The zero-order chi connectivity index (χ0) is 22.1. The van der Waals surface area contributed by atoms with E-state index < -0.39 is 31.1 Å². The molecule has 0 spiro atoms. The number of alkyl halides is 3. The first kappa shape index (κ1) is 22.0. The fraction of sp³-hybridized carbons (Fsp3) is 0.421. The van der Waals surface area contributed by atoms with Crippen LogP contribution in [0.5, 0.6) is 5.75 Å². The van der Waals surface area contributed by atoms with Crippen LogP contribution in [0.25, 0.3) is 16.8 Å². The molecule has 0 aliphatic rings. The van der Waals surface area contributed by atoms with Gasteiger partial charge in [-0.2, -0.15) is 18.3 Å². The van der Waals surface area contributed by atoms with E-state index in [2.05, 4.69) is 29.7 Å². The van der Waals surface area contributed by atoms with Gasteiger partial charge >= 0.3 is 6.18 Å². The van der Waals surface area contributed by atoms with Gasteiger partial charge < -0.3 is 9.47 Å². The summed E-state index contributed by atoms with van der Waals surface area (Å²) in [5, 5.41) is 4.04. The maximum Gasteiger partial charge on any atom is 0.434 e. The molecule has 0 bridgehead atoms. The van der Waals surface area contributed by atoms with Crippen molar-refractivity contribution in [1.29, 1.82) is 0 Å². The SMILES string of the molecule is COc1ccn2c(=O)c(-c3cnn(COCC[Si](C)(C)C)c3)c(C(F)(F)F)nc2c1. The van der Waals surface area contributed by atoms with E-state index in [9.17, 15) is 18.0 Å². The molecule has 11 heteroatoms. The third-order valence-corrected chi connectivity index (χ3v) is 6.15. The Labute approximate surface area is 172 Å².